The maximum absolute atomic E-state index is 10.9. The first-order chi connectivity index (χ1) is 8.04. The van der Waals surface area contributed by atoms with E-state index in [-0.39, 0.29) is 12.4 Å². The van der Waals surface area contributed by atoms with Crippen molar-refractivity contribution in [3.8, 4) is 5.75 Å². The molecule has 92 valence electrons. The van der Waals surface area contributed by atoms with Gasteiger partial charge < -0.3 is 9.84 Å². The molecule has 0 spiro atoms. The number of halogens is 2. The Morgan fingerprint density at radius 2 is 2.41 bits per heavy atom. The molecule has 0 saturated heterocycles. The Morgan fingerprint density at radius 1 is 1.71 bits per heavy atom. The maximum Gasteiger partial charge on any atom is 0.427 e. The van der Waals surface area contributed by atoms with Crippen molar-refractivity contribution in [1.29, 1.82) is 0 Å². The van der Waals surface area contributed by atoms with Gasteiger partial charge in [0.05, 0.1) is 16.4 Å². The molecule has 1 rings (SSSR count). The summed E-state index contributed by atoms with van der Waals surface area (Å²) in [6, 6.07) is 3.46. The number of ether oxygens (including phenoxy) is 1. The third kappa shape index (κ3) is 4.50. The monoisotopic (exact) mass is 412 g/mol. The Hall–Kier alpha value is -0.830. The Balaban J connectivity index is 2.74. The van der Waals surface area contributed by atoms with E-state index in [9.17, 15) is 9.90 Å². The van der Waals surface area contributed by atoms with Gasteiger partial charge in [0, 0.05) is 10.0 Å². The second-order valence-corrected chi connectivity index (χ2v) is 4.99. The molecule has 0 atom stereocenters. The number of nitrogens with zero attached hydrogens (tertiary/aromatic N) is 1. The number of hydrazone groups is 1. The summed E-state index contributed by atoms with van der Waals surface area (Å²) in [6.45, 7) is 1.98. The number of benzene rings is 1. The van der Waals surface area contributed by atoms with E-state index in [1.54, 1.807) is 19.1 Å². The third-order valence-electron chi connectivity index (χ3n) is 1.69. The molecule has 0 radical (unpaired) electrons. The van der Waals surface area contributed by atoms with Gasteiger partial charge in [-0.15, -0.1) is 0 Å². The molecule has 2 N–H and O–H groups in total. The van der Waals surface area contributed by atoms with Crippen LogP contribution in [0.5, 0.6) is 5.75 Å². The van der Waals surface area contributed by atoms with E-state index < -0.39 is 6.09 Å². The normalized spacial score (nSPS) is 10.5. The van der Waals surface area contributed by atoms with Crippen molar-refractivity contribution in [3.05, 3.63) is 25.7 Å². The molecular weight excluding hydrogens is 403 g/mol. The average Bonchev–Trinajstić information content (AvgIpc) is 2.25. The number of aromatic hydroxyl groups is 1. The lowest BCUT2D eigenvalue weighted by molar-refractivity contribution is 0.152. The van der Waals surface area contributed by atoms with Gasteiger partial charge in [-0.25, -0.2) is 10.2 Å². The first-order valence-corrected chi connectivity index (χ1v) is 6.55. The predicted octanol–water partition coefficient (Wildman–Crippen LogP) is 2.84. The first kappa shape index (κ1) is 14.2. The van der Waals surface area contributed by atoms with Crippen LogP contribution in [-0.4, -0.2) is 24.0 Å². The molecule has 5 nitrogen and oxygen atoms in total. The first-order valence-electron chi connectivity index (χ1n) is 4.68. The van der Waals surface area contributed by atoms with Gasteiger partial charge in [-0.2, -0.15) is 5.10 Å². The van der Waals surface area contributed by atoms with E-state index in [4.69, 9.17) is 0 Å². The molecule has 0 aliphatic heterocycles. The van der Waals surface area contributed by atoms with E-state index in [0.717, 1.165) is 4.47 Å². The highest BCUT2D eigenvalue weighted by Crippen LogP contribution is 2.27. The fourth-order valence-electron chi connectivity index (χ4n) is 1.00. The zero-order chi connectivity index (χ0) is 12.8. The number of phenolic OH excluding ortho intramolecular Hbond substituents is 1. The molecule has 0 fully saturated rings. The minimum Gasteiger partial charge on any atom is -0.506 e. The molecule has 0 bridgehead atoms. The van der Waals surface area contributed by atoms with E-state index in [1.807, 2.05) is 22.6 Å². The van der Waals surface area contributed by atoms with Crippen LogP contribution in [0.15, 0.2) is 21.7 Å². The van der Waals surface area contributed by atoms with E-state index in [0.29, 0.717) is 9.13 Å². The molecule has 0 aliphatic carbocycles. The number of carbonyl (C=O) groups is 1. The predicted molar refractivity (Wildman–Crippen MR) is 76.3 cm³/mol. The Kier molecular flexibility index (Phi) is 5.69. The van der Waals surface area contributed by atoms with Gasteiger partial charge in [0.25, 0.3) is 0 Å². The molecule has 1 aromatic rings. The van der Waals surface area contributed by atoms with Crippen molar-refractivity contribution < 1.29 is 14.6 Å². The molecule has 0 aliphatic rings. The van der Waals surface area contributed by atoms with Gasteiger partial charge in [0.2, 0.25) is 0 Å². The fourth-order valence-corrected chi connectivity index (χ4v) is 2.55. The van der Waals surface area contributed by atoms with Crippen LogP contribution in [0.4, 0.5) is 4.79 Å². The van der Waals surface area contributed by atoms with Gasteiger partial charge >= 0.3 is 6.09 Å². The Labute approximate surface area is 121 Å². The summed E-state index contributed by atoms with van der Waals surface area (Å²) in [6.07, 6.45) is 0.715. The second-order valence-electron chi connectivity index (χ2n) is 2.92. The van der Waals surface area contributed by atoms with Crippen molar-refractivity contribution >= 4 is 50.8 Å². The highest BCUT2D eigenvalue weighted by molar-refractivity contribution is 14.1. The van der Waals surface area contributed by atoms with Gasteiger partial charge in [-0.05, 0) is 41.6 Å². The third-order valence-corrected chi connectivity index (χ3v) is 2.97. The summed E-state index contributed by atoms with van der Waals surface area (Å²) in [5, 5.41) is 13.4. The Morgan fingerprint density at radius 3 is 3.06 bits per heavy atom. The number of nitrogens with one attached hydrogen (secondary N) is 1. The molecule has 17 heavy (non-hydrogen) atoms. The zero-order valence-corrected chi connectivity index (χ0v) is 12.6. The quantitative estimate of drug-likeness (QED) is 0.455. The van der Waals surface area contributed by atoms with Gasteiger partial charge in [0.15, 0.2) is 0 Å². The van der Waals surface area contributed by atoms with Crippen LogP contribution < -0.4 is 5.43 Å². The minimum atomic E-state index is -0.632. The lowest BCUT2D eigenvalue weighted by atomic mass is 10.2. The maximum atomic E-state index is 10.9. The van der Waals surface area contributed by atoms with Crippen molar-refractivity contribution in [2.45, 2.75) is 6.92 Å². The lowest BCUT2D eigenvalue weighted by Crippen LogP contribution is -2.18. The smallest absolute Gasteiger partial charge is 0.427 e. The largest absolute Gasteiger partial charge is 0.506 e. The van der Waals surface area contributed by atoms with Crippen LogP contribution in [0.3, 0.4) is 0 Å². The van der Waals surface area contributed by atoms with Crippen molar-refractivity contribution in [3.63, 3.8) is 0 Å². The molecule has 1 amide bonds. The fraction of sp³-hybridized carbons (Fsp3) is 0.200. The SMILES string of the molecule is CCOC(=O)N/N=C\c1cc(Br)cc(I)c1O. The van der Waals surface area contributed by atoms with Crippen LogP contribution in [0.1, 0.15) is 12.5 Å². The van der Waals surface area contributed by atoms with Crippen LogP contribution in [0.25, 0.3) is 0 Å². The number of carbonyl (C=O) groups excluding carboxylic acids is 1. The van der Waals surface area contributed by atoms with E-state index in [2.05, 4.69) is 31.2 Å². The van der Waals surface area contributed by atoms with Gasteiger partial charge in [0.1, 0.15) is 5.75 Å². The molecule has 0 aromatic heterocycles. The van der Waals surface area contributed by atoms with Crippen LogP contribution in [0.2, 0.25) is 0 Å². The topological polar surface area (TPSA) is 70.9 Å². The second kappa shape index (κ2) is 6.80. The van der Waals surface area contributed by atoms with Crippen molar-refractivity contribution in [1.82, 2.24) is 5.43 Å². The number of phenols is 1. The van der Waals surface area contributed by atoms with Gasteiger partial charge in [-0.3, -0.25) is 0 Å². The number of hydrogen-bond donors (Lipinski definition) is 2. The van der Waals surface area contributed by atoms with Crippen LogP contribution in [0, 0.1) is 3.57 Å². The minimum absolute atomic E-state index is 0.114. The summed E-state index contributed by atoms with van der Waals surface area (Å²) in [5.74, 6) is 0.114. The highest BCUT2D eigenvalue weighted by Gasteiger charge is 2.05. The molecular formula is C10H10BrIN2O3. The molecule has 0 saturated carbocycles. The van der Waals surface area contributed by atoms with Crippen molar-refractivity contribution in [2.75, 3.05) is 6.61 Å². The standard InChI is InChI=1S/C10H10BrIN2O3/c1-2-17-10(16)14-13-5-6-3-7(11)4-8(12)9(6)15/h3-5,15H,2H2,1H3,(H,14,16)/b13-5-. The summed E-state index contributed by atoms with van der Waals surface area (Å²) in [5.41, 5.74) is 2.68. The lowest BCUT2D eigenvalue weighted by Gasteiger charge is -2.03. The Bertz CT molecular complexity index is 451. The zero-order valence-electron chi connectivity index (χ0n) is 8.91. The molecule has 0 unspecified atom stereocenters. The van der Waals surface area contributed by atoms with Gasteiger partial charge in [-0.1, -0.05) is 15.9 Å². The summed E-state index contributed by atoms with van der Waals surface area (Å²) < 4.78 is 6.13. The van der Waals surface area contributed by atoms with Crippen LogP contribution in [-0.2, 0) is 4.74 Å². The number of hydrogen-bond acceptors (Lipinski definition) is 4. The number of amides is 1. The number of rotatable bonds is 3. The average molecular weight is 413 g/mol. The van der Waals surface area contributed by atoms with E-state index in [1.165, 1.54) is 6.21 Å². The molecule has 7 heteroatoms. The van der Waals surface area contributed by atoms with Crippen LogP contribution >= 0.6 is 38.5 Å². The van der Waals surface area contributed by atoms with E-state index >= 15 is 0 Å². The molecule has 0 heterocycles. The molecule has 1 aromatic carbocycles. The summed E-state index contributed by atoms with van der Waals surface area (Å²) in [7, 11) is 0. The highest BCUT2D eigenvalue weighted by atomic mass is 127. The van der Waals surface area contributed by atoms with Crippen molar-refractivity contribution in [2.24, 2.45) is 5.10 Å². The summed E-state index contributed by atoms with van der Waals surface area (Å²) >= 11 is 5.30. The summed E-state index contributed by atoms with van der Waals surface area (Å²) in [4.78, 5) is 10.9.